The van der Waals surface area contributed by atoms with Gasteiger partial charge >= 0.3 is 0 Å². The third-order valence-electron chi connectivity index (χ3n) is 1.53. The average Bonchev–Trinajstić information content (AvgIpc) is 2.33. The topological polar surface area (TPSA) is 49.8 Å². The molecule has 1 heterocycles. The molecular formula is C8H10N2S. The van der Waals surface area contributed by atoms with Crippen LogP contribution in [0, 0.1) is 11.3 Å². The van der Waals surface area contributed by atoms with Crippen LogP contribution in [-0.4, -0.2) is 0 Å². The highest BCUT2D eigenvalue weighted by atomic mass is 32.1. The van der Waals surface area contributed by atoms with Crippen LogP contribution in [0.2, 0.25) is 0 Å². The Hall–Kier alpha value is -1.01. The lowest BCUT2D eigenvalue weighted by Gasteiger charge is -1.92. The van der Waals surface area contributed by atoms with E-state index in [-0.39, 0.29) is 0 Å². The molecule has 3 heteroatoms. The SMILES string of the molecule is CCCc1csc(N)c1C#N. The summed E-state index contributed by atoms with van der Waals surface area (Å²) in [6, 6.07) is 2.11. The third-order valence-corrected chi connectivity index (χ3v) is 2.39. The zero-order chi connectivity index (χ0) is 8.27. The molecule has 11 heavy (non-hydrogen) atoms. The molecule has 0 bridgehead atoms. The van der Waals surface area contributed by atoms with Gasteiger partial charge in [0.25, 0.3) is 0 Å². The molecule has 0 aliphatic rings. The minimum atomic E-state index is 0.649. The molecule has 0 atom stereocenters. The Morgan fingerprint density at radius 1 is 1.73 bits per heavy atom. The van der Waals surface area contributed by atoms with Gasteiger partial charge in [-0.3, -0.25) is 0 Å². The number of hydrogen-bond donors (Lipinski definition) is 1. The monoisotopic (exact) mass is 166 g/mol. The second-order valence-electron chi connectivity index (χ2n) is 2.36. The van der Waals surface area contributed by atoms with Crippen LogP contribution in [0.25, 0.3) is 0 Å². The summed E-state index contributed by atoms with van der Waals surface area (Å²) in [5, 5.41) is 11.3. The molecule has 0 spiro atoms. The maximum Gasteiger partial charge on any atom is 0.104 e. The van der Waals surface area contributed by atoms with Gasteiger partial charge < -0.3 is 5.73 Å². The van der Waals surface area contributed by atoms with E-state index in [9.17, 15) is 0 Å². The molecular weight excluding hydrogens is 156 g/mol. The molecule has 0 aliphatic carbocycles. The molecule has 0 aromatic carbocycles. The van der Waals surface area contributed by atoms with Gasteiger partial charge in [-0.05, 0) is 17.4 Å². The fourth-order valence-electron chi connectivity index (χ4n) is 0.991. The van der Waals surface area contributed by atoms with Crippen molar-refractivity contribution in [3.05, 3.63) is 16.5 Å². The van der Waals surface area contributed by atoms with E-state index in [1.165, 1.54) is 11.3 Å². The quantitative estimate of drug-likeness (QED) is 0.731. The fraction of sp³-hybridized carbons (Fsp3) is 0.375. The summed E-state index contributed by atoms with van der Waals surface area (Å²) in [5.74, 6) is 0. The van der Waals surface area contributed by atoms with Crippen LogP contribution in [0.3, 0.4) is 0 Å². The number of thiophene rings is 1. The van der Waals surface area contributed by atoms with E-state index in [1.807, 2.05) is 5.38 Å². The van der Waals surface area contributed by atoms with Crippen LogP contribution < -0.4 is 5.73 Å². The van der Waals surface area contributed by atoms with E-state index in [0.717, 1.165) is 18.4 Å². The molecule has 0 unspecified atom stereocenters. The molecule has 1 aromatic heterocycles. The van der Waals surface area contributed by atoms with Gasteiger partial charge in [0.05, 0.1) is 5.56 Å². The predicted octanol–water partition coefficient (Wildman–Crippen LogP) is 2.15. The van der Waals surface area contributed by atoms with Crippen molar-refractivity contribution >= 4 is 16.3 Å². The van der Waals surface area contributed by atoms with Gasteiger partial charge in [-0.2, -0.15) is 5.26 Å². The first-order valence-electron chi connectivity index (χ1n) is 3.55. The minimum absolute atomic E-state index is 0.649. The standard InChI is InChI=1S/C8H10N2S/c1-2-3-6-5-11-8(10)7(6)4-9/h5H,2-3,10H2,1H3. The molecule has 0 fully saturated rings. The van der Waals surface area contributed by atoms with E-state index in [1.54, 1.807) is 0 Å². The lowest BCUT2D eigenvalue weighted by Crippen LogP contribution is -1.87. The number of nitrogen functional groups attached to an aromatic ring is 1. The Kier molecular flexibility index (Phi) is 2.50. The fourth-order valence-corrected chi connectivity index (χ4v) is 1.79. The van der Waals surface area contributed by atoms with Crippen molar-refractivity contribution in [3.63, 3.8) is 0 Å². The number of nitrogens with two attached hydrogens (primary N) is 1. The van der Waals surface area contributed by atoms with Crippen molar-refractivity contribution in [2.45, 2.75) is 19.8 Å². The van der Waals surface area contributed by atoms with Crippen molar-refractivity contribution in [3.8, 4) is 6.07 Å². The van der Waals surface area contributed by atoms with Gasteiger partial charge in [-0.1, -0.05) is 13.3 Å². The van der Waals surface area contributed by atoms with Gasteiger partial charge in [0.2, 0.25) is 0 Å². The molecule has 58 valence electrons. The summed E-state index contributed by atoms with van der Waals surface area (Å²) < 4.78 is 0. The number of rotatable bonds is 2. The van der Waals surface area contributed by atoms with E-state index < -0.39 is 0 Å². The first-order valence-corrected chi connectivity index (χ1v) is 4.43. The van der Waals surface area contributed by atoms with Crippen molar-refractivity contribution in [2.75, 3.05) is 5.73 Å². The van der Waals surface area contributed by atoms with Crippen LogP contribution in [0.15, 0.2) is 5.38 Å². The maximum absolute atomic E-state index is 8.69. The summed E-state index contributed by atoms with van der Waals surface area (Å²) in [4.78, 5) is 0. The largest absolute Gasteiger partial charge is 0.389 e. The Balaban J connectivity index is 2.98. The van der Waals surface area contributed by atoms with E-state index >= 15 is 0 Å². The van der Waals surface area contributed by atoms with Crippen LogP contribution in [0.4, 0.5) is 5.00 Å². The second-order valence-corrected chi connectivity index (χ2v) is 3.27. The van der Waals surface area contributed by atoms with Crippen molar-refractivity contribution in [2.24, 2.45) is 0 Å². The second kappa shape index (κ2) is 3.40. The van der Waals surface area contributed by atoms with Crippen molar-refractivity contribution in [1.82, 2.24) is 0 Å². The molecule has 2 nitrogen and oxygen atoms in total. The zero-order valence-electron chi connectivity index (χ0n) is 6.42. The number of nitrogens with zero attached hydrogens (tertiary/aromatic N) is 1. The first kappa shape index (κ1) is 8.09. The Bertz CT molecular complexity index is 283. The van der Waals surface area contributed by atoms with Gasteiger partial charge in [0.15, 0.2) is 0 Å². The summed E-state index contributed by atoms with van der Waals surface area (Å²) in [6.45, 7) is 2.09. The van der Waals surface area contributed by atoms with E-state index in [4.69, 9.17) is 11.0 Å². The van der Waals surface area contributed by atoms with Gasteiger partial charge in [0, 0.05) is 0 Å². The van der Waals surface area contributed by atoms with E-state index in [0.29, 0.717) is 10.6 Å². The summed E-state index contributed by atoms with van der Waals surface area (Å²) in [6.07, 6.45) is 2.02. The average molecular weight is 166 g/mol. The lowest BCUT2D eigenvalue weighted by molar-refractivity contribution is 0.924. The summed E-state index contributed by atoms with van der Waals surface area (Å²) >= 11 is 1.45. The normalized spacial score (nSPS) is 9.45. The molecule has 0 saturated carbocycles. The van der Waals surface area contributed by atoms with Gasteiger partial charge in [-0.15, -0.1) is 11.3 Å². The smallest absolute Gasteiger partial charge is 0.104 e. The van der Waals surface area contributed by atoms with Crippen LogP contribution in [0.1, 0.15) is 24.5 Å². The molecule has 1 aromatic rings. The maximum atomic E-state index is 8.69. The summed E-state index contributed by atoms with van der Waals surface area (Å²) in [5.41, 5.74) is 7.35. The van der Waals surface area contributed by atoms with Crippen LogP contribution in [-0.2, 0) is 6.42 Å². The highest BCUT2D eigenvalue weighted by molar-refractivity contribution is 7.14. The predicted molar refractivity (Wildman–Crippen MR) is 47.4 cm³/mol. The molecule has 0 saturated heterocycles. The molecule has 0 amide bonds. The Morgan fingerprint density at radius 3 is 3.00 bits per heavy atom. The molecule has 1 rings (SSSR count). The van der Waals surface area contributed by atoms with Gasteiger partial charge in [0.1, 0.15) is 11.1 Å². The third kappa shape index (κ3) is 1.52. The molecule has 2 N–H and O–H groups in total. The van der Waals surface area contributed by atoms with Crippen molar-refractivity contribution in [1.29, 1.82) is 5.26 Å². The van der Waals surface area contributed by atoms with Gasteiger partial charge in [-0.25, -0.2) is 0 Å². The van der Waals surface area contributed by atoms with E-state index in [2.05, 4.69) is 13.0 Å². The summed E-state index contributed by atoms with van der Waals surface area (Å²) in [7, 11) is 0. The van der Waals surface area contributed by atoms with Crippen LogP contribution in [0.5, 0.6) is 0 Å². The van der Waals surface area contributed by atoms with Crippen molar-refractivity contribution < 1.29 is 0 Å². The number of hydrogen-bond acceptors (Lipinski definition) is 3. The highest BCUT2D eigenvalue weighted by Gasteiger charge is 2.06. The Labute approximate surface area is 70.3 Å². The minimum Gasteiger partial charge on any atom is -0.389 e. The number of aryl methyl sites for hydroxylation is 1. The lowest BCUT2D eigenvalue weighted by atomic mass is 10.1. The number of anilines is 1. The number of nitriles is 1. The molecule has 0 radical (unpaired) electrons. The molecule has 0 aliphatic heterocycles. The zero-order valence-corrected chi connectivity index (χ0v) is 7.24. The Morgan fingerprint density at radius 2 is 2.45 bits per heavy atom. The first-order chi connectivity index (χ1) is 5.29. The highest BCUT2D eigenvalue weighted by Crippen LogP contribution is 2.24. The van der Waals surface area contributed by atoms with Crippen LogP contribution >= 0.6 is 11.3 Å².